The largest absolute Gasteiger partial charge is 0.361 e. The molecule has 0 N–H and O–H groups in total. The Morgan fingerprint density at radius 3 is 1.94 bits per heavy atom. The van der Waals surface area contributed by atoms with Crippen LogP contribution in [0.25, 0.3) is 0 Å². The van der Waals surface area contributed by atoms with Crippen molar-refractivity contribution >= 4 is 13.4 Å². The van der Waals surface area contributed by atoms with Crippen LogP contribution in [0.15, 0.2) is 35.1 Å². The van der Waals surface area contributed by atoms with E-state index >= 15 is 0 Å². The fourth-order valence-electron chi connectivity index (χ4n) is 2.77. The lowest BCUT2D eigenvalue weighted by molar-refractivity contribution is -0.113. The van der Waals surface area contributed by atoms with Crippen molar-refractivity contribution in [3.8, 4) is 0 Å². The predicted octanol–water partition coefficient (Wildman–Crippen LogP) is 3.63. The van der Waals surface area contributed by atoms with Gasteiger partial charge in [0.05, 0.1) is 24.0 Å². The summed E-state index contributed by atoms with van der Waals surface area (Å²) in [6.07, 6.45) is 3.90. The molecule has 1 aromatic rings. The number of benzene rings is 1. The molecule has 1 aromatic carbocycles. The van der Waals surface area contributed by atoms with Crippen LogP contribution >= 0.6 is 7.74 Å². The lowest BCUT2D eigenvalue weighted by Gasteiger charge is -2.49. The number of hydrogen-bond donors (Lipinski definition) is 0. The lowest BCUT2D eigenvalue weighted by atomic mass is 9.93. The average molecular weight is 251 g/mol. The van der Waals surface area contributed by atoms with Gasteiger partial charge in [0.1, 0.15) is 0 Å². The minimum Gasteiger partial charge on any atom is -0.299 e. The van der Waals surface area contributed by atoms with Crippen molar-refractivity contribution in [2.45, 2.75) is 37.6 Å². The minimum atomic E-state index is -2.44. The molecule has 4 bridgehead atoms. The van der Waals surface area contributed by atoms with Crippen molar-refractivity contribution in [2.75, 3.05) is 0 Å². The van der Waals surface area contributed by atoms with Gasteiger partial charge >= 0.3 is 7.74 Å². The van der Waals surface area contributed by atoms with E-state index in [0.717, 1.165) is 24.9 Å². The average Bonchev–Trinajstić information content (AvgIpc) is 2.27. The predicted molar refractivity (Wildman–Crippen MR) is 63.9 cm³/mol. The summed E-state index contributed by atoms with van der Waals surface area (Å²) in [6.45, 7) is 0. The van der Waals surface area contributed by atoms with Gasteiger partial charge in [0, 0.05) is 19.3 Å². The molecule has 3 heterocycles. The minimum absolute atomic E-state index is 0.294. The molecule has 0 aromatic heterocycles. The lowest BCUT2D eigenvalue weighted by Crippen LogP contribution is -2.45. The Morgan fingerprint density at radius 2 is 1.41 bits per heavy atom. The van der Waals surface area contributed by atoms with Gasteiger partial charge in [-0.05, 0) is 12.1 Å². The highest BCUT2D eigenvalue weighted by molar-refractivity contribution is 7.51. The van der Waals surface area contributed by atoms with Crippen LogP contribution in [0, 0.1) is 0 Å². The molecule has 3 saturated heterocycles. The van der Waals surface area contributed by atoms with Gasteiger partial charge in [0.15, 0.2) is 0 Å². The van der Waals surface area contributed by atoms with Crippen LogP contribution in [0.1, 0.15) is 19.3 Å². The monoisotopic (exact) mass is 251 g/mol. The van der Waals surface area contributed by atoms with Crippen LogP contribution in [0.5, 0.6) is 0 Å². The Morgan fingerprint density at radius 1 is 0.882 bits per heavy atom. The number of rotatable bonds is 1. The molecule has 5 heteroatoms. The van der Waals surface area contributed by atoms with E-state index in [-0.39, 0.29) is 0 Å². The van der Waals surface area contributed by atoms with Gasteiger partial charge in [-0.3, -0.25) is 13.6 Å². The molecule has 1 aliphatic carbocycles. The van der Waals surface area contributed by atoms with Crippen molar-refractivity contribution in [2.24, 2.45) is 4.74 Å². The molecule has 4 fully saturated rings. The highest BCUT2D eigenvalue weighted by Gasteiger charge is 2.50. The first-order valence-corrected chi connectivity index (χ1v) is 7.53. The molecule has 4 nitrogen and oxygen atoms in total. The molecule has 0 radical (unpaired) electrons. The maximum Gasteiger partial charge on any atom is 0.361 e. The van der Waals surface area contributed by atoms with Crippen LogP contribution in [0.3, 0.4) is 0 Å². The molecule has 0 unspecified atom stereocenters. The number of nitrogens with zero attached hydrogens (tertiary/aromatic N) is 1. The second kappa shape index (κ2) is 3.66. The van der Waals surface area contributed by atoms with Crippen LogP contribution in [-0.2, 0) is 13.6 Å². The van der Waals surface area contributed by atoms with E-state index < -0.39 is 7.74 Å². The molecular formula is C12H14NO3P. The fraction of sp³-hybridized carbons (Fsp3) is 0.500. The first kappa shape index (κ1) is 10.3. The molecule has 3 aliphatic heterocycles. The summed E-state index contributed by atoms with van der Waals surface area (Å²) >= 11 is 0. The first-order valence-electron chi connectivity index (χ1n) is 6.04. The molecule has 4 aliphatic rings. The van der Waals surface area contributed by atoms with Crippen molar-refractivity contribution in [1.29, 1.82) is 0 Å². The summed E-state index contributed by atoms with van der Waals surface area (Å²) in [6, 6.07) is 9.80. The third-order valence-corrected chi connectivity index (χ3v) is 5.59. The molecule has 17 heavy (non-hydrogen) atoms. The SMILES string of the molecule is c1ccc(N=P23OC4CC(CC(C4)O2)O3)cc1. The summed E-state index contributed by atoms with van der Waals surface area (Å²) in [5, 5.41) is 0. The second-order valence-corrected chi connectivity index (χ2v) is 6.56. The van der Waals surface area contributed by atoms with E-state index in [4.69, 9.17) is 13.6 Å². The zero-order valence-corrected chi connectivity index (χ0v) is 10.3. The fourth-order valence-corrected chi connectivity index (χ4v) is 5.13. The van der Waals surface area contributed by atoms with Crippen LogP contribution in [-0.4, -0.2) is 18.3 Å². The normalized spacial score (nSPS) is 42.7. The molecule has 0 amide bonds. The Balaban J connectivity index is 1.75. The van der Waals surface area contributed by atoms with E-state index in [0.29, 0.717) is 18.3 Å². The molecule has 5 rings (SSSR count). The zero-order chi connectivity index (χ0) is 11.3. The van der Waals surface area contributed by atoms with Gasteiger partial charge < -0.3 is 0 Å². The van der Waals surface area contributed by atoms with E-state index in [1.165, 1.54) is 0 Å². The molecule has 0 spiro atoms. The zero-order valence-electron chi connectivity index (χ0n) is 9.36. The summed E-state index contributed by atoms with van der Waals surface area (Å²) in [4.78, 5) is 0. The van der Waals surface area contributed by atoms with Gasteiger partial charge in [-0.2, -0.15) is 4.74 Å². The van der Waals surface area contributed by atoms with Gasteiger partial charge in [-0.25, -0.2) is 0 Å². The summed E-state index contributed by atoms with van der Waals surface area (Å²) in [5.41, 5.74) is 0.878. The first-order chi connectivity index (χ1) is 8.31. The van der Waals surface area contributed by atoms with Crippen molar-refractivity contribution in [1.82, 2.24) is 0 Å². The second-order valence-electron chi connectivity index (χ2n) is 4.79. The molecule has 1 saturated carbocycles. The smallest absolute Gasteiger partial charge is 0.299 e. The summed E-state index contributed by atoms with van der Waals surface area (Å²) < 4.78 is 22.3. The van der Waals surface area contributed by atoms with Crippen molar-refractivity contribution in [3.63, 3.8) is 0 Å². The van der Waals surface area contributed by atoms with E-state index in [1.807, 2.05) is 30.3 Å². The standard InChI is InChI=1S/C12H14NO3P/c1-2-4-9(5-3-1)13-17-14-10-6-11(15-17)8-12(7-10)16-17/h1-5,10-12H,6-8H2. The Hall–Kier alpha value is -0.670. The number of hydrogen-bond acceptors (Lipinski definition) is 4. The highest BCUT2D eigenvalue weighted by Crippen LogP contribution is 2.67. The molecule has 90 valence electrons. The molecular weight excluding hydrogens is 237 g/mol. The van der Waals surface area contributed by atoms with E-state index in [9.17, 15) is 0 Å². The maximum atomic E-state index is 5.91. The Labute approximate surface area is 100 Å². The van der Waals surface area contributed by atoms with Gasteiger partial charge in [0.2, 0.25) is 0 Å². The van der Waals surface area contributed by atoms with Crippen molar-refractivity contribution in [3.05, 3.63) is 30.3 Å². The van der Waals surface area contributed by atoms with E-state index in [2.05, 4.69) is 4.74 Å². The highest BCUT2D eigenvalue weighted by atomic mass is 31.2. The Kier molecular flexibility index (Phi) is 2.21. The third kappa shape index (κ3) is 1.76. The maximum absolute atomic E-state index is 5.91. The van der Waals surface area contributed by atoms with Crippen LogP contribution in [0.2, 0.25) is 0 Å². The van der Waals surface area contributed by atoms with Crippen LogP contribution in [0.4, 0.5) is 5.69 Å². The molecule has 0 atom stereocenters. The van der Waals surface area contributed by atoms with Gasteiger partial charge in [-0.15, -0.1) is 0 Å². The van der Waals surface area contributed by atoms with Gasteiger partial charge in [0.25, 0.3) is 0 Å². The summed E-state index contributed by atoms with van der Waals surface area (Å²) in [7, 11) is -2.44. The quantitative estimate of drug-likeness (QED) is 0.715. The third-order valence-electron chi connectivity index (χ3n) is 3.42. The topological polar surface area (TPSA) is 40.0 Å². The Bertz CT molecular complexity index is 446. The summed E-state index contributed by atoms with van der Waals surface area (Å²) in [5.74, 6) is 0. The van der Waals surface area contributed by atoms with E-state index in [1.54, 1.807) is 0 Å². The van der Waals surface area contributed by atoms with Crippen molar-refractivity contribution < 1.29 is 13.6 Å². The van der Waals surface area contributed by atoms with Gasteiger partial charge in [-0.1, -0.05) is 18.2 Å². The van der Waals surface area contributed by atoms with Crippen LogP contribution < -0.4 is 0 Å².